The van der Waals surface area contributed by atoms with Gasteiger partial charge in [-0.1, -0.05) is 30.3 Å². The molecule has 2 aliphatic heterocycles. The van der Waals surface area contributed by atoms with Gasteiger partial charge in [-0.2, -0.15) is 10.2 Å². The van der Waals surface area contributed by atoms with E-state index in [0.717, 1.165) is 5.56 Å². The third kappa shape index (κ3) is 3.50. The summed E-state index contributed by atoms with van der Waals surface area (Å²) in [7, 11) is 1.26. The van der Waals surface area contributed by atoms with Crippen molar-refractivity contribution in [1.82, 2.24) is 19.7 Å². The second-order valence-corrected chi connectivity index (χ2v) is 6.93. The maximum absolute atomic E-state index is 13.0. The van der Waals surface area contributed by atoms with Crippen LogP contribution in [0.4, 0.5) is 4.79 Å². The maximum atomic E-state index is 13.0. The maximum Gasteiger partial charge on any atom is 0.345 e. The molecule has 1 aromatic heterocycles. The van der Waals surface area contributed by atoms with Crippen LogP contribution in [0.1, 0.15) is 35.8 Å². The van der Waals surface area contributed by atoms with Gasteiger partial charge in [0.1, 0.15) is 24.9 Å². The molecule has 1 aromatic carbocycles. The van der Waals surface area contributed by atoms with E-state index in [1.807, 2.05) is 30.3 Å². The Balaban J connectivity index is 1.63. The van der Waals surface area contributed by atoms with E-state index in [1.165, 1.54) is 21.8 Å². The lowest BCUT2D eigenvalue weighted by Crippen LogP contribution is -2.39. The van der Waals surface area contributed by atoms with Crippen molar-refractivity contribution in [3.8, 4) is 0 Å². The number of rotatable bonds is 7. The zero-order chi connectivity index (χ0) is 21.3. The van der Waals surface area contributed by atoms with Crippen molar-refractivity contribution < 1.29 is 28.7 Å². The summed E-state index contributed by atoms with van der Waals surface area (Å²) < 4.78 is 11.3. The smallest absolute Gasteiger partial charge is 0.345 e. The minimum Gasteiger partial charge on any atom is -0.467 e. The Morgan fingerprint density at radius 3 is 2.70 bits per heavy atom. The number of hydrogen-bond donors (Lipinski definition) is 0. The molecule has 0 radical (unpaired) electrons. The van der Waals surface area contributed by atoms with Gasteiger partial charge in [0.25, 0.3) is 0 Å². The van der Waals surface area contributed by atoms with Crippen LogP contribution >= 0.6 is 0 Å². The number of aromatic nitrogens is 2. The fourth-order valence-electron chi connectivity index (χ4n) is 3.74. The highest BCUT2D eigenvalue weighted by molar-refractivity contribution is 5.87. The number of hydroxylamine groups is 2. The van der Waals surface area contributed by atoms with Crippen molar-refractivity contribution in [1.29, 1.82) is 0 Å². The quantitative estimate of drug-likeness (QED) is 0.634. The summed E-state index contributed by atoms with van der Waals surface area (Å²) in [6, 6.07) is 7.58. The Labute approximate surface area is 172 Å². The number of urea groups is 1. The van der Waals surface area contributed by atoms with Crippen LogP contribution in [0.3, 0.4) is 0 Å². The molecular formula is C20H22N4O6. The molecule has 4 rings (SSSR count). The van der Waals surface area contributed by atoms with Gasteiger partial charge >= 0.3 is 18.0 Å². The number of esters is 2. The fraction of sp³-hybridized carbons (Fsp3) is 0.400. The monoisotopic (exact) mass is 414 g/mol. The van der Waals surface area contributed by atoms with Crippen molar-refractivity contribution in [2.45, 2.75) is 32.2 Å². The lowest BCUT2D eigenvalue weighted by Gasteiger charge is -2.27. The number of carbonyl (C=O) groups excluding carboxylic acids is 3. The van der Waals surface area contributed by atoms with Gasteiger partial charge in [-0.15, -0.1) is 0 Å². The van der Waals surface area contributed by atoms with Gasteiger partial charge in [-0.05, 0) is 12.5 Å². The van der Waals surface area contributed by atoms with Crippen LogP contribution in [0.5, 0.6) is 0 Å². The molecule has 0 aliphatic carbocycles. The van der Waals surface area contributed by atoms with Gasteiger partial charge in [0.05, 0.1) is 20.3 Å². The highest BCUT2D eigenvalue weighted by atomic mass is 16.7. The molecule has 2 amide bonds. The molecule has 0 saturated carbocycles. The molecular weight excluding hydrogens is 392 g/mol. The van der Waals surface area contributed by atoms with Crippen LogP contribution in [0, 0.1) is 0 Å². The molecule has 2 aliphatic rings. The highest BCUT2D eigenvalue weighted by Gasteiger charge is 2.53. The molecule has 30 heavy (non-hydrogen) atoms. The number of fused-ring (bicyclic) bond motifs is 4. The van der Waals surface area contributed by atoms with Crippen LogP contribution in [0.25, 0.3) is 0 Å². The minimum absolute atomic E-state index is 0.0970. The molecule has 3 heterocycles. The van der Waals surface area contributed by atoms with E-state index in [9.17, 15) is 14.4 Å². The number of benzene rings is 1. The Bertz CT molecular complexity index is 959. The zero-order valence-corrected chi connectivity index (χ0v) is 16.7. The summed E-state index contributed by atoms with van der Waals surface area (Å²) >= 11 is 0. The van der Waals surface area contributed by atoms with E-state index in [-0.39, 0.29) is 26.3 Å². The number of amides is 2. The van der Waals surface area contributed by atoms with E-state index in [2.05, 4.69) is 5.10 Å². The SMILES string of the molecule is CCOC(=O)Cn1cc2c(n1)C(C(=O)OC)N1C[C@H]2N(OCc2ccccc2)C1=O. The molecule has 158 valence electrons. The Morgan fingerprint density at radius 1 is 1.23 bits per heavy atom. The van der Waals surface area contributed by atoms with Crippen LogP contribution in [0.15, 0.2) is 36.5 Å². The zero-order valence-electron chi connectivity index (χ0n) is 16.7. The van der Waals surface area contributed by atoms with E-state index in [4.69, 9.17) is 14.3 Å². The first kappa shape index (κ1) is 19.9. The number of carbonyl (C=O) groups is 3. The first-order valence-corrected chi connectivity index (χ1v) is 9.60. The topological polar surface area (TPSA) is 103 Å². The molecule has 10 nitrogen and oxygen atoms in total. The normalized spacial score (nSPS) is 19.6. The van der Waals surface area contributed by atoms with Crippen LogP contribution in [-0.2, 0) is 37.1 Å². The van der Waals surface area contributed by atoms with E-state index in [1.54, 1.807) is 13.1 Å². The molecule has 0 spiro atoms. The molecule has 1 fully saturated rings. The largest absolute Gasteiger partial charge is 0.467 e. The average Bonchev–Trinajstić information content (AvgIpc) is 3.28. The third-order valence-corrected chi connectivity index (χ3v) is 5.07. The van der Waals surface area contributed by atoms with Crippen molar-refractivity contribution in [2.75, 3.05) is 20.3 Å². The first-order valence-electron chi connectivity index (χ1n) is 9.60. The van der Waals surface area contributed by atoms with Gasteiger partial charge in [0, 0.05) is 11.8 Å². The second kappa shape index (κ2) is 8.15. The predicted molar refractivity (Wildman–Crippen MR) is 102 cm³/mol. The summed E-state index contributed by atoms with van der Waals surface area (Å²) in [4.78, 5) is 44.5. The molecule has 2 atom stereocenters. The predicted octanol–water partition coefficient (Wildman–Crippen LogP) is 1.58. The number of methoxy groups -OCH3 is 1. The van der Waals surface area contributed by atoms with Crippen molar-refractivity contribution >= 4 is 18.0 Å². The van der Waals surface area contributed by atoms with E-state index >= 15 is 0 Å². The first-order chi connectivity index (χ1) is 14.5. The summed E-state index contributed by atoms with van der Waals surface area (Å²) in [5, 5.41) is 5.66. The van der Waals surface area contributed by atoms with Gasteiger partial charge in [0.2, 0.25) is 0 Å². The number of hydrogen-bond acceptors (Lipinski definition) is 7. The Kier molecular flexibility index (Phi) is 5.40. The number of ether oxygens (including phenoxy) is 2. The van der Waals surface area contributed by atoms with E-state index < -0.39 is 30.1 Å². The van der Waals surface area contributed by atoms with E-state index in [0.29, 0.717) is 11.3 Å². The molecule has 1 unspecified atom stereocenters. The van der Waals surface area contributed by atoms with Gasteiger partial charge in [-0.25, -0.2) is 9.59 Å². The fourth-order valence-corrected chi connectivity index (χ4v) is 3.74. The molecule has 2 aromatic rings. The van der Waals surface area contributed by atoms with Crippen molar-refractivity contribution in [3.05, 3.63) is 53.3 Å². The van der Waals surface area contributed by atoms with Gasteiger partial charge in [-0.3, -0.25) is 14.3 Å². The molecule has 10 heteroatoms. The highest BCUT2D eigenvalue weighted by Crippen LogP contribution is 2.43. The molecule has 0 N–H and O–H groups in total. The Hall–Kier alpha value is -3.40. The minimum atomic E-state index is -0.998. The van der Waals surface area contributed by atoms with Crippen LogP contribution in [-0.4, -0.2) is 58.0 Å². The summed E-state index contributed by atoms with van der Waals surface area (Å²) in [6.45, 7) is 2.34. The van der Waals surface area contributed by atoms with Crippen LogP contribution in [0.2, 0.25) is 0 Å². The van der Waals surface area contributed by atoms with Gasteiger partial charge < -0.3 is 14.4 Å². The summed E-state index contributed by atoms with van der Waals surface area (Å²) in [5.41, 5.74) is 1.93. The summed E-state index contributed by atoms with van der Waals surface area (Å²) in [5.74, 6) is -1.04. The third-order valence-electron chi connectivity index (χ3n) is 5.07. The summed E-state index contributed by atoms with van der Waals surface area (Å²) in [6.07, 6.45) is 1.65. The Morgan fingerprint density at radius 2 is 2.00 bits per heavy atom. The molecule has 2 bridgehead atoms. The standard InChI is InChI=1S/C20H22N4O6/c1-3-29-16(25)11-22-9-14-15-10-23(18(17(14)21-22)19(26)28-2)20(27)24(15)30-12-13-7-5-4-6-8-13/h4-9,15,18H,3,10-12H2,1-2H3/t15-,18?/m1/s1. The van der Waals surface area contributed by atoms with Gasteiger partial charge in [0.15, 0.2) is 6.04 Å². The van der Waals surface area contributed by atoms with Crippen molar-refractivity contribution in [2.24, 2.45) is 0 Å². The number of nitrogens with zero attached hydrogens (tertiary/aromatic N) is 4. The lowest BCUT2D eigenvalue weighted by atomic mass is 9.98. The second-order valence-electron chi connectivity index (χ2n) is 6.93. The average molecular weight is 414 g/mol. The lowest BCUT2D eigenvalue weighted by molar-refractivity contribution is -0.146. The molecule has 1 saturated heterocycles. The van der Waals surface area contributed by atoms with Crippen molar-refractivity contribution in [3.63, 3.8) is 0 Å². The van der Waals surface area contributed by atoms with Crippen LogP contribution < -0.4 is 0 Å².